The maximum Gasteiger partial charge on any atom is 0.265 e. The van der Waals surface area contributed by atoms with Gasteiger partial charge in [0.25, 0.3) is 5.91 Å². The molecule has 0 bridgehead atoms. The third kappa shape index (κ3) is 2.37. The van der Waals surface area contributed by atoms with E-state index in [0.717, 1.165) is 17.9 Å². The molecule has 0 aromatic heterocycles. The Balaban J connectivity index is 2.01. The van der Waals surface area contributed by atoms with E-state index in [9.17, 15) is 4.79 Å². The van der Waals surface area contributed by atoms with Gasteiger partial charge in [0.2, 0.25) is 0 Å². The highest BCUT2D eigenvalue weighted by atomic mass is 16.5. The first-order valence-electron chi connectivity index (χ1n) is 4.96. The molecule has 3 nitrogen and oxygen atoms in total. The molecule has 1 fully saturated rings. The van der Waals surface area contributed by atoms with Gasteiger partial charge in [0, 0.05) is 5.70 Å². The first kappa shape index (κ1) is 9.77. The Morgan fingerprint density at radius 1 is 1.33 bits per heavy atom. The van der Waals surface area contributed by atoms with Crippen LogP contribution in [0.1, 0.15) is 12.8 Å². The van der Waals surface area contributed by atoms with E-state index in [4.69, 9.17) is 4.74 Å². The normalized spacial score (nSPS) is 20.9. The standard InChI is InChI=1S/C12H13NO2/c1-9-7-8-11(12(14)13-9)15-10-5-3-2-4-6-10/h2-6,11H,1,7-8H2,(H,13,14). The predicted octanol–water partition coefficient (Wildman–Crippen LogP) is 1.86. The highest BCUT2D eigenvalue weighted by Gasteiger charge is 2.25. The summed E-state index contributed by atoms with van der Waals surface area (Å²) >= 11 is 0. The SMILES string of the molecule is C=C1CCC(Oc2ccccc2)C(=O)N1. The summed E-state index contributed by atoms with van der Waals surface area (Å²) in [6.07, 6.45) is 1.08. The number of benzene rings is 1. The number of allylic oxidation sites excluding steroid dienone is 1. The molecule has 1 aromatic rings. The van der Waals surface area contributed by atoms with Gasteiger partial charge in [-0.1, -0.05) is 24.8 Å². The first-order chi connectivity index (χ1) is 7.25. The van der Waals surface area contributed by atoms with Crippen LogP contribution in [0.3, 0.4) is 0 Å². The molecule has 15 heavy (non-hydrogen) atoms. The molecular weight excluding hydrogens is 190 g/mol. The highest BCUT2D eigenvalue weighted by Crippen LogP contribution is 2.17. The number of rotatable bonds is 2. The van der Waals surface area contributed by atoms with Gasteiger partial charge in [-0.3, -0.25) is 4.79 Å². The van der Waals surface area contributed by atoms with Crippen LogP contribution in [0.25, 0.3) is 0 Å². The minimum absolute atomic E-state index is 0.102. The second kappa shape index (κ2) is 4.17. The maximum atomic E-state index is 11.5. The van der Waals surface area contributed by atoms with E-state index in [1.165, 1.54) is 0 Å². The first-order valence-corrected chi connectivity index (χ1v) is 4.96. The Hall–Kier alpha value is -1.77. The molecular formula is C12H13NO2. The zero-order valence-electron chi connectivity index (χ0n) is 8.40. The summed E-state index contributed by atoms with van der Waals surface area (Å²) in [7, 11) is 0. The van der Waals surface area contributed by atoms with Crippen LogP contribution in [0, 0.1) is 0 Å². The fraction of sp³-hybridized carbons (Fsp3) is 0.250. The van der Waals surface area contributed by atoms with Crippen molar-refractivity contribution in [3.05, 3.63) is 42.6 Å². The van der Waals surface area contributed by atoms with Gasteiger partial charge in [0.05, 0.1) is 0 Å². The van der Waals surface area contributed by atoms with Crippen LogP contribution in [-0.2, 0) is 4.79 Å². The third-order valence-corrected chi connectivity index (χ3v) is 2.32. The summed E-state index contributed by atoms with van der Waals surface area (Å²) in [6, 6.07) is 9.37. The van der Waals surface area contributed by atoms with E-state index in [1.54, 1.807) is 0 Å². The van der Waals surface area contributed by atoms with E-state index in [2.05, 4.69) is 11.9 Å². The van der Waals surface area contributed by atoms with Crippen LogP contribution in [0.5, 0.6) is 5.75 Å². The Labute approximate surface area is 88.8 Å². The Kier molecular flexibility index (Phi) is 2.72. The average Bonchev–Trinajstić information content (AvgIpc) is 2.24. The van der Waals surface area contributed by atoms with Crippen molar-refractivity contribution in [2.45, 2.75) is 18.9 Å². The molecule has 78 valence electrons. The minimum Gasteiger partial charge on any atom is -0.481 e. The molecule has 0 radical (unpaired) electrons. The molecule has 1 heterocycles. The molecule has 0 aliphatic carbocycles. The monoisotopic (exact) mass is 203 g/mol. The lowest BCUT2D eigenvalue weighted by molar-refractivity contribution is -0.128. The predicted molar refractivity (Wildman–Crippen MR) is 57.4 cm³/mol. The number of nitrogens with one attached hydrogen (secondary N) is 1. The van der Waals surface area contributed by atoms with Crippen molar-refractivity contribution in [2.24, 2.45) is 0 Å². The van der Waals surface area contributed by atoms with Crippen LogP contribution in [0.4, 0.5) is 0 Å². The minimum atomic E-state index is -0.391. The molecule has 1 atom stereocenters. The summed E-state index contributed by atoms with van der Waals surface area (Å²) in [4.78, 5) is 11.5. The van der Waals surface area contributed by atoms with Crippen molar-refractivity contribution < 1.29 is 9.53 Å². The molecule has 1 aromatic carbocycles. The summed E-state index contributed by atoms with van der Waals surface area (Å²) in [5.74, 6) is 0.625. The van der Waals surface area contributed by atoms with Crippen LogP contribution < -0.4 is 10.1 Å². The van der Waals surface area contributed by atoms with Gasteiger partial charge in [0.15, 0.2) is 6.10 Å². The van der Waals surface area contributed by atoms with Gasteiger partial charge in [-0.15, -0.1) is 0 Å². The molecule has 0 saturated carbocycles. The number of carbonyl (C=O) groups excluding carboxylic acids is 1. The smallest absolute Gasteiger partial charge is 0.265 e. The lowest BCUT2D eigenvalue weighted by Gasteiger charge is -2.24. The molecule has 3 heteroatoms. The fourth-order valence-corrected chi connectivity index (χ4v) is 1.53. The van der Waals surface area contributed by atoms with Gasteiger partial charge in [0.1, 0.15) is 5.75 Å². The van der Waals surface area contributed by atoms with E-state index < -0.39 is 6.10 Å². The summed E-state index contributed by atoms with van der Waals surface area (Å²) in [5, 5.41) is 2.69. The molecule has 2 rings (SSSR count). The van der Waals surface area contributed by atoms with Crippen molar-refractivity contribution in [1.82, 2.24) is 5.32 Å². The zero-order valence-corrected chi connectivity index (χ0v) is 8.40. The summed E-state index contributed by atoms with van der Waals surface area (Å²) in [5.41, 5.74) is 0.771. The number of hydrogen-bond donors (Lipinski definition) is 1. The zero-order chi connectivity index (χ0) is 10.7. The molecule has 1 N–H and O–H groups in total. The Bertz CT molecular complexity index is 372. The number of hydrogen-bond acceptors (Lipinski definition) is 2. The lowest BCUT2D eigenvalue weighted by Crippen LogP contribution is -2.41. The topological polar surface area (TPSA) is 38.3 Å². The molecule has 1 saturated heterocycles. The van der Waals surface area contributed by atoms with Crippen molar-refractivity contribution in [1.29, 1.82) is 0 Å². The van der Waals surface area contributed by atoms with Crippen molar-refractivity contribution >= 4 is 5.91 Å². The lowest BCUT2D eigenvalue weighted by atomic mass is 10.1. The molecule has 1 amide bonds. The van der Waals surface area contributed by atoms with E-state index in [-0.39, 0.29) is 5.91 Å². The van der Waals surface area contributed by atoms with Crippen LogP contribution in [0.2, 0.25) is 0 Å². The van der Waals surface area contributed by atoms with Gasteiger partial charge in [-0.25, -0.2) is 0 Å². The molecule has 1 aliphatic rings. The van der Waals surface area contributed by atoms with Crippen LogP contribution >= 0.6 is 0 Å². The van der Waals surface area contributed by atoms with Crippen molar-refractivity contribution in [3.8, 4) is 5.75 Å². The quantitative estimate of drug-likeness (QED) is 0.796. The number of amides is 1. The largest absolute Gasteiger partial charge is 0.481 e. The van der Waals surface area contributed by atoms with Gasteiger partial charge < -0.3 is 10.1 Å². The average molecular weight is 203 g/mol. The highest BCUT2D eigenvalue weighted by molar-refractivity contribution is 5.83. The van der Waals surface area contributed by atoms with Crippen molar-refractivity contribution in [3.63, 3.8) is 0 Å². The molecule has 0 spiro atoms. The molecule has 1 aliphatic heterocycles. The van der Waals surface area contributed by atoms with Gasteiger partial charge in [-0.05, 0) is 25.0 Å². The van der Waals surface area contributed by atoms with Crippen LogP contribution in [-0.4, -0.2) is 12.0 Å². The van der Waals surface area contributed by atoms with Gasteiger partial charge in [-0.2, -0.15) is 0 Å². The third-order valence-electron chi connectivity index (χ3n) is 2.32. The number of para-hydroxylation sites is 1. The second-order valence-electron chi connectivity index (χ2n) is 3.55. The maximum absolute atomic E-state index is 11.5. The number of carbonyl (C=O) groups is 1. The number of piperidine rings is 1. The van der Waals surface area contributed by atoms with E-state index in [0.29, 0.717) is 6.42 Å². The van der Waals surface area contributed by atoms with Gasteiger partial charge >= 0.3 is 0 Å². The van der Waals surface area contributed by atoms with E-state index >= 15 is 0 Å². The Morgan fingerprint density at radius 3 is 2.73 bits per heavy atom. The second-order valence-corrected chi connectivity index (χ2v) is 3.55. The summed E-state index contributed by atoms with van der Waals surface area (Å²) < 4.78 is 5.56. The Morgan fingerprint density at radius 2 is 2.07 bits per heavy atom. The summed E-state index contributed by atoms with van der Waals surface area (Å²) in [6.45, 7) is 3.72. The van der Waals surface area contributed by atoms with Crippen molar-refractivity contribution in [2.75, 3.05) is 0 Å². The van der Waals surface area contributed by atoms with E-state index in [1.807, 2.05) is 30.3 Å². The fourth-order valence-electron chi connectivity index (χ4n) is 1.53. The molecule has 1 unspecified atom stereocenters. The number of ether oxygens (including phenoxy) is 1. The van der Waals surface area contributed by atoms with Crippen LogP contribution in [0.15, 0.2) is 42.6 Å².